The van der Waals surface area contributed by atoms with Gasteiger partial charge in [0, 0.05) is 6.54 Å². The summed E-state index contributed by atoms with van der Waals surface area (Å²) in [5.41, 5.74) is 5.37. The van der Waals surface area contributed by atoms with Gasteiger partial charge >= 0.3 is 0 Å². The minimum atomic E-state index is -1.03. The van der Waals surface area contributed by atoms with E-state index < -0.39 is 23.1 Å². The molecule has 0 fully saturated rings. The van der Waals surface area contributed by atoms with Gasteiger partial charge in [-0.15, -0.1) is 0 Å². The van der Waals surface area contributed by atoms with Crippen molar-refractivity contribution in [2.24, 2.45) is 0 Å². The molecule has 1 rings (SSSR count). The maximum atomic E-state index is 13.5. The van der Waals surface area contributed by atoms with Crippen molar-refractivity contribution in [2.75, 3.05) is 12.3 Å². The third-order valence-electron chi connectivity index (χ3n) is 2.12. The van der Waals surface area contributed by atoms with Gasteiger partial charge in [-0.05, 0) is 26.0 Å². The van der Waals surface area contributed by atoms with Crippen LogP contribution in [0.3, 0.4) is 0 Å². The molecular formula is C12H14F2N2O. The highest BCUT2D eigenvalue weighted by Gasteiger charge is 2.18. The fraction of sp³-hybridized carbons (Fsp3) is 0.250. The maximum absolute atomic E-state index is 13.5. The van der Waals surface area contributed by atoms with Gasteiger partial charge in [0.2, 0.25) is 0 Å². The van der Waals surface area contributed by atoms with E-state index >= 15 is 0 Å². The molecule has 92 valence electrons. The summed E-state index contributed by atoms with van der Waals surface area (Å²) in [6.07, 6.45) is 1.74. The van der Waals surface area contributed by atoms with Crippen LogP contribution in [0.5, 0.6) is 0 Å². The number of halogens is 2. The van der Waals surface area contributed by atoms with Crippen LogP contribution in [-0.4, -0.2) is 12.5 Å². The molecule has 3 nitrogen and oxygen atoms in total. The van der Waals surface area contributed by atoms with Gasteiger partial charge in [-0.1, -0.05) is 11.6 Å². The van der Waals surface area contributed by atoms with Crippen molar-refractivity contribution in [3.05, 3.63) is 41.0 Å². The Hall–Kier alpha value is -1.91. The van der Waals surface area contributed by atoms with Gasteiger partial charge in [-0.2, -0.15) is 0 Å². The Morgan fingerprint density at radius 2 is 2.06 bits per heavy atom. The lowest BCUT2D eigenvalue weighted by molar-refractivity contribution is 0.0949. The highest BCUT2D eigenvalue weighted by atomic mass is 19.1. The van der Waals surface area contributed by atoms with Gasteiger partial charge in [0.1, 0.15) is 11.4 Å². The van der Waals surface area contributed by atoms with Gasteiger partial charge in [-0.25, -0.2) is 8.78 Å². The van der Waals surface area contributed by atoms with E-state index in [2.05, 4.69) is 5.32 Å². The van der Waals surface area contributed by atoms with Crippen LogP contribution in [0.2, 0.25) is 0 Å². The summed E-state index contributed by atoms with van der Waals surface area (Å²) in [7, 11) is 0. The van der Waals surface area contributed by atoms with Crippen molar-refractivity contribution in [1.29, 1.82) is 0 Å². The van der Waals surface area contributed by atoms with Crippen LogP contribution < -0.4 is 11.1 Å². The van der Waals surface area contributed by atoms with Gasteiger partial charge < -0.3 is 11.1 Å². The lowest BCUT2D eigenvalue weighted by Crippen LogP contribution is -2.26. The first-order valence-corrected chi connectivity index (χ1v) is 5.08. The highest BCUT2D eigenvalue weighted by molar-refractivity contribution is 5.95. The summed E-state index contributed by atoms with van der Waals surface area (Å²) in [6.45, 7) is 3.93. The number of nitrogens with one attached hydrogen (secondary N) is 1. The molecule has 1 aromatic rings. The van der Waals surface area contributed by atoms with Gasteiger partial charge in [-0.3, -0.25) is 4.79 Å². The first-order chi connectivity index (χ1) is 7.93. The average molecular weight is 240 g/mol. The number of anilines is 1. The number of benzene rings is 1. The van der Waals surface area contributed by atoms with E-state index in [1.54, 1.807) is 6.08 Å². The van der Waals surface area contributed by atoms with E-state index in [-0.39, 0.29) is 12.2 Å². The molecule has 3 N–H and O–H groups in total. The Kier molecular flexibility index (Phi) is 4.20. The largest absolute Gasteiger partial charge is 0.396 e. The average Bonchev–Trinajstić information content (AvgIpc) is 2.23. The molecular weight excluding hydrogens is 226 g/mol. The van der Waals surface area contributed by atoms with Crippen LogP contribution in [-0.2, 0) is 0 Å². The number of carbonyl (C=O) groups is 1. The second-order valence-corrected chi connectivity index (χ2v) is 3.82. The van der Waals surface area contributed by atoms with E-state index in [1.165, 1.54) is 0 Å². The van der Waals surface area contributed by atoms with E-state index in [4.69, 9.17) is 5.73 Å². The Labute approximate surface area is 98.3 Å². The second kappa shape index (κ2) is 5.43. The van der Waals surface area contributed by atoms with Crippen LogP contribution in [0.15, 0.2) is 23.8 Å². The molecule has 0 atom stereocenters. The van der Waals surface area contributed by atoms with E-state index in [0.717, 1.165) is 17.7 Å². The molecule has 0 aliphatic heterocycles. The van der Waals surface area contributed by atoms with Crippen LogP contribution in [0.1, 0.15) is 24.2 Å². The zero-order valence-electron chi connectivity index (χ0n) is 9.68. The predicted molar refractivity (Wildman–Crippen MR) is 62.5 cm³/mol. The van der Waals surface area contributed by atoms with Crippen LogP contribution in [0.25, 0.3) is 0 Å². The van der Waals surface area contributed by atoms with E-state index in [1.807, 2.05) is 13.8 Å². The zero-order valence-corrected chi connectivity index (χ0v) is 9.68. The summed E-state index contributed by atoms with van der Waals surface area (Å²) in [5.74, 6) is -2.77. The summed E-state index contributed by atoms with van der Waals surface area (Å²) >= 11 is 0. The topological polar surface area (TPSA) is 55.1 Å². The normalized spacial score (nSPS) is 9.88. The monoisotopic (exact) mass is 240 g/mol. The molecule has 0 radical (unpaired) electrons. The van der Waals surface area contributed by atoms with Gasteiger partial charge in [0.25, 0.3) is 5.91 Å². The van der Waals surface area contributed by atoms with Crippen molar-refractivity contribution in [3.8, 4) is 0 Å². The van der Waals surface area contributed by atoms with Crippen molar-refractivity contribution < 1.29 is 13.6 Å². The standard InChI is InChI=1S/C12H14F2N2O/c1-7(2)5-6-16-12(17)10-8(13)3-4-9(15)11(10)14/h3-5H,6,15H2,1-2H3,(H,16,17). The van der Waals surface area contributed by atoms with Crippen LogP contribution in [0.4, 0.5) is 14.5 Å². The summed E-state index contributed by atoms with van der Waals surface area (Å²) in [6, 6.07) is 2.05. The first kappa shape index (κ1) is 13.2. The number of hydrogen-bond acceptors (Lipinski definition) is 2. The van der Waals surface area contributed by atoms with Gasteiger partial charge in [0.15, 0.2) is 5.82 Å². The molecule has 0 heterocycles. The maximum Gasteiger partial charge on any atom is 0.257 e. The molecule has 0 aliphatic carbocycles. The molecule has 0 spiro atoms. The predicted octanol–water partition coefficient (Wildman–Crippen LogP) is 2.24. The van der Waals surface area contributed by atoms with Crippen molar-refractivity contribution in [2.45, 2.75) is 13.8 Å². The summed E-state index contributed by atoms with van der Waals surface area (Å²) in [5, 5.41) is 2.39. The third-order valence-corrected chi connectivity index (χ3v) is 2.12. The number of amides is 1. The zero-order chi connectivity index (χ0) is 13.0. The fourth-order valence-electron chi connectivity index (χ4n) is 1.21. The molecule has 0 unspecified atom stereocenters. The van der Waals surface area contributed by atoms with Crippen molar-refractivity contribution in [3.63, 3.8) is 0 Å². The molecule has 0 saturated carbocycles. The highest BCUT2D eigenvalue weighted by Crippen LogP contribution is 2.18. The van der Waals surface area contributed by atoms with E-state index in [9.17, 15) is 13.6 Å². The first-order valence-electron chi connectivity index (χ1n) is 5.08. The minimum Gasteiger partial charge on any atom is -0.396 e. The number of nitrogen functional groups attached to an aromatic ring is 1. The third kappa shape index (κ3) is 3.27. The quantitative estimate of drug-likeness (QED) is 0.629. The number of rotatable bonds is 3. The Bertz CT molecular complexity index is 466. The molecule has 0 aliphatic rings. The van der Waals surface area contributed by atoms with Crippen LogP contribution >= 0.6 is 0 Å². The summed E-state index contributed by atoms with van der Waals surface area (Å²) in [4.78, 5) is 11.5. The SMILES string of the molecule is CC(C)=CCNC(=O)c1c(F)ccc(N)c1F. The lowest BCUT2D eigenvalue weighted by atomic mass is 10.1. The lowest BCUT2D eigenvalue weighted by Gasteiger charge is -2.07. The number of allylic oxidation sites excluding steroid dienone is 1. The molecule has 5 heteroatoms. The van der Waals surface area contributed by atoms with E-state index in [0.29, 0.717) is 0 Å². The molecule has 0 saturated heterocycles. The smallest absolute Gasteiger partial charge is 0.257 e. The number of hydrogen-bond donors (Lipinski definition) is 2. The van der Waals surface area contributed by atoms with Crippen LogP contribution in [0, 0.1) is 11.6 Å². The Morgan fingerprint density at radius 3 is 2.65 bits per heavy atom. The molecule has 1 aromatic carbocycles. The molecule has 0 aromatic heterocycles. The minimum absolute atomic E-state index is 0.217. The second-order valence-electron chi connectivity index (χ2n) is 3.82. The summed E-state index contributed by atoms with van der Waals surface area (Å²) < 4.78 is 26.8. The van der Waals surface area contributed by atoms with Crippen molar-refractivity contribution >= 4 is 11.6 Å². The molecule has 17 heavy (non-hydrogen) atoms. The van der Waals surface area contributed by atoms with Crippen molar-refractivity contribution in [1.82, 2.24) is 5.32 Å². The van der Waals surface area contributed by atoms with Gasteiger partial charge in [0.05, 0.1) is 5.69 Å². The fourth-order valence-corrected chi connectivity index (χ4v) is 1.21. The number of nitrogens with two attached hydrogens (primary N) is 1. The number of carbonyl (C=O) groups excluding carboxylic acids is 1. The molecule has 1 amide bonds. The Morgan fingerprint density at radius 1 is 1.41 bits per heavy atom. The molecule has 0 bridgehead atoms. The Balaban J connectivity index is 2.89.